The number of hydrogen-bond acceptors (Lipinski definition) is 2. The Morgan fingerprint density at radius 1 is 1.28 bits per heavy atom. The van der Waals surface area contributed by atoms with Crippen molar-refractivity contribution in [3.8, 4) is 0 Å². The number of hydrogen-bond donors (Lipinski definition) is 2. The molecule has 1 heterocycles. The van der Waals surface area contributed by atoms with Gasteiger partial charge in [0.15, 0.2) is 0 Å². The van der Waals surface area contributed by atoms with Crippen LogP contribution in [-0.2, 0) is 6.54 Å². The molecule has 1 aliphatic carbocycles. The third kappa shape index (κ3) is 2.32. The number of piperidine rings is 1. The highest BCUT2D eigenvalue weighted by Gasteiger charge is 2.27. The van der Waals surface area contributed by atoms with Gasteiger partial charge in [-0.25, -0.2) is 0 Å². The van der Waals surface area contributed by atoms with E-state index in [-0.39, 0.29) is 0 Å². The highest BCUT2D eigenvalue weighted by atomic mass is 14.9. The standard InChI is InChI=1S/C16H24N2/c1-11-10-18-7-6-15(11)13-4-5-16(12-2-3-12)14(8-13)9-17/h4-5,8,11-12,15,18H,2-3,6-7,9-10,17H2,1H3. The lowest BCUT2D eigenvalue weighted by atomic mass is 9.81. The fourth-order valence-electron chi connectivity index (χ4n) is 3.33. The molecule has 2 fully saturated rings. The molecule has 0 amide bonds. The van der Waals surface area contributed by atoms with Crippen LogP contribution in [0.2, 0.25) is 0 Å². The Hall–Kier alpha value is -0.860. The SMILES string of the molecule is CC1CNCCC1c1ccc(C2CC2)c(CN)c1. The summed E-state index contributed by atoms with van der Waals surface area (Å²) in [5, 5.41) is 3.48. The minimum Gasteiger partial charge on any atom is -0.326 e. The summed E-state index contributed by atoms with van der Waals surface area (Å²) in [6.45, 7) is 5.34. The van der Waals surface area contributed by atoms with E-state index in [1.54, 1.807) is 0 Å². The quantitative estimate of drug-likeness (QED) is 0.858. The summed E-state index contributed by atoms with van der Waals surface area (Å²) in [6, 6.07) is 7.10. The van der Waals surface area contributed by atoms with Crippen molar-refractivity contribution < 1.29 is 0 Å². The highest BCUT2D eigenvalue weighted by Crippen LogP contribution is 2.42. The van der Waals surface area contributed by atoms with Crippen LogP contribution in [0, 0.1) is 5.92 Å². The van der Waals surface area contributed by atoms with Crippen molar-refractivity contribution in [3.05, 3.63) is 34.9 Å². The van der Waals surface area contributed by atoms with Crippen molar-refractivity contribution in [1.29, 1.82) is 0 Å². The summed E-state index contributed by atoms with van der Waals surface area (Å²) in [5.74, 6) is 2.25. The zero-order chi connectivity index (χ0) is 12.5. The van der Waals surface area contributed by atoms with Gasteiger partial charge in [-0.1, -0.05) is 25.1 Å². The van der Waals surface area contributed by atoms with Crippen LogP contribution in [0.4, 0.5) is 0 Å². The Morgan fingerprint density at radius 2 is 2.11 bits per heavy atom. The first-order chi connectivity index (χ1) is 8.79. The molecule has 3 rings (SSSR count). The summed E-state index contributed by atoms with van der Waals surface area (Å²) in [7, 11) is 0. The fourth-order valence-corrected chi connectivity index (χ4v) is 3.33. The van der Waals surface area contributed by atoms with Crippen LogP contribution in [0.1, 0.15) is 54.7 Å². The molecule has 0 aromatic heterocycles. The molecule has 0 radical (unpaired) electrons. The van der Waals surface area contributed by atoms with E-state index in [2.05, 4.69) is 30.4 Å². The van der Waals surface area contributed by atoms with E-state index in [0.29, 0.717) is 12.5 Å². The zero-order valence-electron chi connectivity index (χ0n) is 11.3. The van der Waals surface area contributed by atoms with Crippen LogP contribution in [-0.4, -0.2) is 13.1 Å². The summed E-state index contributed by atoms with van der Waals surface area (Å²) in [5.41, 5.74) is 10.4. The molecule has 98 valence electrons. The molecular formula is C16H24N2. The molecule has 2 atom stereocenters. The third-order valence-corrected chi connectivity index (χ3v) is 4.62. The maximum atomic E-state index is 5.94. The van der Waals surface area contributed by atoms with E-state index in [1.807, 2.05) is 0 Å². The summed E-state index contributed by atoms with van der Waals surface area (Å²) < 4.78 is 0. The van der Waals surface area contributed by atoms with E-state index in [0.717, 1.165) is 24.9 Å². The fraction of sp³-hybridized carbons (Fsp3) is 0.625. The monoisotopic (exact) mass is 244 g/mol. The molecule has 1 aliphatic heterocycles. The third-order valence-electron chi connectivity index (χ3n) is 4.62. The predicted octanol–water partition coefficient (Wildman–Crippen LogP) is 2.74. The van der Waals surface area contributed by atoms with Crippen LogP contribution in [0.25, 0.3) is 0 Å². The Labute approximate surface area is 110 Å². The molecule has 18 heavy (non-hydrogen) atoms. The smallest absolute Gasteiger partial charge is 0.0181 e. The van der Waals surface area contributed by atoms with Gasteiger partial charge in [0.2, 0.25) is 0 Å². The lowest BCUT2D eigenvalue weighted by molar-refractivity contribution is 0.349. The van der Waals surface area contributed by atoms with Crippen molar-refractivity contribution in [1.82, 2.24) is 5.32 Å². The van der Waals surface area contributed by atoms with E-state index >= 15 is 0 Å². The summed E-state index contributed by atoms with van der Waals surface area (Å²) in [6.07, 6.45) is 3.97. The summed E-state index contributed by atoms with van der Waals surface area (Å²) >= 11 is 0. The first-order valence-electron chi connectivity index (χ1n) is 7.33. The maximum absolute atomic E-state index is 5.94. The van der Waals surface area contributed by atoms with Gasteiger partial charge in [-0.3, -0.25) is 0 Å². The lowest BCUT2D eigenvalue weighted by Gasteiger charge is -2.30. The number of nitrogens with one attached hydrogen (secondary N) is 1. The van der Waals surface area contributed by atoms with Crippen molar-refractivity contribution in [2.24, 2.45) is 11.7 Å². The van der Waals surface area contributed by atoms with Crippen LogP contribution in [0.5, 0.6) is 0 Å². The molecule has 2 unspecified atom stereocenters. The van der Waals surface area contributed by atoms with Crippen LogP contribution < -0.4 is 11.1 Å². The van der Waals surface area contributed by atoms with Gasteiger partial charge in [0.1, 0.15) is 0 Å². The lowest BCUT2D eigenvalue weighted by Crippen LogP contribution is -2.33. The second kappa shape index (κ2) is 5.02. The predicted molar refractivity (Wildman–Crippen MR) is 75.7 cm³/mol. The second-order valence-electron chi connectivity index (χ2n) is 6.01. The number of nitrogens with two attached hydrogens (primary N) is 1. The Kier molecular flexibility index (Phi) is 3.40. The van der Waals surface area contributed by atoms with Crippen LogP contribution >= 0.6 is 0 Å². The van der Waals surface area contributed by atoms with Gasteiger partial charge in [0, 0.05) is 6.54 Å². The molecule has 0 bridgehead atoms. The van der Waals surface area contributed by atoms with Crippen molar-refractivity contribution in [2.75, 3.05) is 13.1 Å². The van der Waals surface area contributed by atoms with Gasteiger partial charge in [-0.05, 0) is 66.8 Å². The van der Waals surface area contributed by atoms with Gasteiger partial charge in [0.25, 0.3) is 0 Å². The molecule has 1 saturated heterocycles. The largest absolute Gasteiger partial charge is 0.326 e. The molecule has 2 aliphatic rings. The summed E-state index contributed by atoms with van der Waals surface area (Å²) in [4.78, 5) is 0. The molecular weight excluding hydrogens is 220 g/mol. The normalized spacial score (nSPS) is 28.3. The topological polar surface area (TPSA) is 38.0 Å². The van der Waals surface area contributed by atoms with Crippen LogP contribution in [0.15, 0.2) is 18.2 Å². The van der Waals surface area contributed by atoms with Crippen LogP contribution in [0.3, 0.4) is 0 Å². The van der Waals surface area contributed by atoms with Crippen molar-refractivity contribution in [3.63, 3.8) is 0 Å². The van der Waals surface area contributed by atoms with Crippen molar-refractivity contribution >= 4 is 0 Å². The second-order valence-corrected chi connectivity index (χ2v) is 6.01. The Bertz CT molecular complexity index is 423. The van der Waals surface area contributed by atoms with Gasteiger partial charge >= 0.3 is 0 Å². The van der Waals surface area contributed by atoms with E-state index in [9.17, 15) is 0 Å². The molecule has 1 aromatic rings. The van der Waals surface area contributed by atoms with Gasteiger partial charge in [-0.15, -0.1) is 0 Å². The van der Waals surface area contributed by atoms with Gasteiger partial charge < -0.3 is 11.1 Å². The maximum Gasteiger partial charge on any atom is 0.0181 e. The van der Waals surface area contributed by atoms with E-state index in [4.69, 9.17) is 5.73 Å². The molecule has 2 nitrogen and oxygen atoms in total. The highest BCUT2D eigenvalue weighted by molar-refractivity contribution is 5.38. The van der Waals surface area contributed by atoms with Gasteiger partial charge in [-0.2, -0.15) is 0 Å². The molecule has 2 heteroatoms. The van der Waals surface area contributed by atoms with Gasteiger partial charge in [0.05, 0.1) is 0 Å². The molecule has 1 aromatic carbocycles. The molecule has 0 spiro atoms. The van der Waals surface area contributed by atoms with Crippen molar-refractivity contribution in [2.45, 2.75) is 44.6 Å². The number of rotatable bonds is 3. The first kappa shape index (κ1) is 12.2. The zero-order valence-corrected chi connectivity index (χ0v) is 11.3. The molecule has 3 N–H and O–H groups in total. The average molecular weight is 244 g/mol. The van der Waals surface area contributed by atoms with E-state index in [1.165, 1.54) is 36.0 Å². The number of benzene rings is 1. The Morgan fingerprint density at radius 3 is 2.78 bits per heavy atom. The minimum absolute atomic E-state index is 0.693. The average Bonchev–Trinajstić information content (AvgIpc) is 3.23. The molecule has 1 saturated carbocycles. The first-order valence-corrected chi connectivity index (χ1v) is 7.33. The van der Waals surface area contributed by atoms with E-state index < -0.39 is 0 Å². The Balaban J connectivity index is 1.87. The minimum atomic E-state index is 0.693.